The lowest BCUT2D eigenvalue weighted by atomic mass is 10.0. The summed E-state index contributed by atoms with van der Waals surface area (Å²) in [6.07, 6.45) is 3.60. The first-order valence-electron chi connectivity index (χ1n) is 5.71. The molecule has 0 amide bonds. The van der Waals surface area contributed by atoms with E-state index in [1.54, 1.807) is 0 Å². The molecule has 0 fully saturated rings. The topological polar surface area (TPSA) is 24.1 Å². The third-order valence-corrected chi connectivity index (χ3v) is 2.36. The summed E-state index contributed by atoms with van der Waals surface area (Å²) in [5, 5.41) is 6.68. The van der Waals surface area contributed by atoms with Crippen LogP contribution in [0.4, 0.5) is 0 Å². The predicted molar refractivity (Wildman–Crippen MR) is 64.4 cm³/mol. The molecule has 84 valence electrons. The molecular weight excluding hydrogens is 172 g/mol. The van der Waals surface area contributed by atoms with E-state index in [1.807, 2.05) is 7.05 Å². The summed E-state index contributed by atoms with van der Waals surface area (Å²) in [6.45, 7) is 11.8. The van der Waals surface area contributed by atoms with E-state index in [2.05, 4.69) is 38.0 Å². The second kappa shape index (κ2) is 7.86. The van der Waals surface area contributed by atoms with Crippen LogP contribution in [0.3, 0.4) is 0 Å². The van der Waals surface area contributed by atoms with Crippen molar-refractivity contribution < 1.29 is 0 Å². The molecule has 14 heavy (non-hydrogen) atoms. The van der Waals surface area contributed by atoms with Crippen molar-refractivity contribution in [2.45, 2.75) is 46.1 Å². The van der Waals surface area contributed by atoms with Gasteiger partial charge >= 0.3 is 0 Å². The van der Waals surface area contributed by atoms with Crippen molar-refractivity contribution in [2.75, 3.05) is 13.6 Å². The van der Waals surface area contributed by atoms with Gasteiger partial charge < -0.3 is 10.6 Å². The molecule has 1 unspecified atom stereocenters. The number of hydrogen-bond acceptors (Lipinski definition) is 2. The molecule has 0 aliphatic carbocycles. The van der Waals surface area contributed by atoms with E-state index in [-0.39, 0.29) is 0 Å². The molecule has 0 saturated carbocycles. The van der Waals surface area contributed by atoms with E-state index in [0.717, 1.165) is 18.7 Å². The lowest BCUT2D eigenvalue weighted by Gasteiger charge is -2.22. The van der Waals surface area contributed by atoms with Gasteiger partial charge in [-0.1, -0.05) is 33.8 Å². The van der Waals surface area contributed by atoms with E-state index in [9.17, 15) is 0 Å². The molecule has 0 aromatic rings. The van der Waals surface area contributed by atoms with E-state index in [1.165, 1.54) is 12.8 Å². The molecule has 0 aromatic carbocycles. The summed E-state index contributed by atoms with van der Waals surface area (Å²) in [5.41, 5.74) is 1.13. The Balaban J connectivity index is 3.79. The molecule has 2 N–H and O–H groups in total. The predicted octanol–water partition coefficient (Wildman–Crippen LogP) is 2.52. The number of unbranched alkanes of at least 4 members (excludes halogenated alkanes) is 1. The van der Waals surface area contributed by atoms with Crippen molar-refractivity contribution in [3.8, 4) is 0 Å². The molecule has 0 aliphatic rings. The van der Waals surface area contributed by atoms with Crippen LogP contribution < -0.4 is 10.6 Å². The minimum atomic E-state index is 0.409. The summed E-state index contributed by atoms with van der Waals surface area (Å²) in [7, 11) is 2.00. The first-order chi connectivity index (χ1) is 6.61. The monoisotopic (exact) mass is 198 g/mol. The molecule has 1 atom stereocenters. The van der Waals surface area contributed by atoms with Gasteiger partial charge in [-0.25, -0.2) is 0 Å². The lowest BCUT2D eigenvalue weighted by Crippen LogP contribution is -2.35. The zero-order chi connectivity index (χ0) is 11.0. The normalized spacial score (nSPS) is 12.9. The fourth-order valence-electron chi connectivity index (χ4n) is 1.45. The second-order valence-electron chi connectivity index (χ2n) is 4.28. The first kappa shape index (κ1) is 13.5. The molecule has 0 bridgehead atoms. The van der Waals surface area contributed by atoms with Crippen LogP contribution in [-0.4, -0.2) is 19.6 Å². The van der Waals surface area contributed by atoms with E-state index < -0.39 is 0 Å². The van der Waals surface area contributed by atoms with Crippen molar-refractivity contribution in [1.82, 2.24) is 10.6 Å². The van der Waals surface area contributed by atoms with Crippen molar-refractivity contribution in [1.29, 1.82) is 0 Å². The highest BCUT2D eigenvalue weighted by atomic mass is 15.0. The van der Waals surface area contributed by atoms with Crippen LogP contribution in [0, 0.1) is 5.92 Å². The Morgan fingerprint density at radius 3 is 2.43 bits per heavy atom. The summed E-state index contributed by atoms with van der Waals surface area (Å²) < 4.78 is 0. The maximum absolute atomic E-state index is 4.08. The fourth-order valence-corrected chi connectivity index (χ4v) is 1.45. The molecular formula is C12H26N2. The average molecular weight is 198 g/mol. The van der Waals surface area contributed by atoms with Crippen LogP contribution >= 0.6 is 0 Å². The van der Waals surface area contributed by atoms with Gasteiger partial charge in [-0.3, -0.25) is 0 Å². The first-order valence-corrected chi connectivity index (χ1v) is 5.71. The highest BCUT2D eigenvalue weighted by Gasteiger charge is 2.11. The Hall–Kier alpha value is -0.500. The number of rotatable bonds is 8. The number of nitrogens with one attached hydrogen (secondary N) is 2. The van der Waals surface area contributed by atoms with Gasteiger partial charge in [-0.15, -0.1) is 0 Å². The highest BCUT2D eigenvalue weighted by Crippen LogP contribution is 2.09. The zero-order valence-corrected chi connectivity index (χ0v) is 10.2. The summed E-state index contributed by atoms with van der Waals surface area (Å²) in [5.74, 6) is 0.706. The zero-order valence-electron chi connectivity index (χ0n) is 10.2. The number of hydrogen-bond donors (Lipinski definition) is 2. The van der Waals surface area contributed by atoms with Gasteiger partial charge in [0.25, 0.3) is 0 Å². The van der Waals surface area contributed by atoms with Crippen LogP contribution in [0.25, 0.3) is 0 Å². The molecule has 0 radical (unpaired) electrons. The maximum atomic E-state index is 4.08. The standard InChI is InChI=1S/C12H26N2/c1-6-7-8-14-11(4)12(13-5)9-10(2)3/h10,12-14H,4,6-9H2,1-3,5H3. The van der Waals surface area contributed by atoms with Crippen LogP contribution in [0.1, 0.15) is 40.0 Å². The third kappa shape index (κ3) is 6.03. The highest BCUT2D eigenvalue weighted by molar-refractivity contribution is 5.02. The van der Waals surface area contributed by atoms with Gasteiger partial charge in [0.1, 0.15) is 0 Å². The smallest absolute Gasteiger partial charge is 0.0463 e. The molecule has 0 rings (SSSR count). The average Bonchev–Trinajstić information content (AvgIpc) is 2.14. The SMILES string of the molecule is C=C(NCCCC)C(CC(C)C)NC. The van der Waals surface area contributed by atoms with Gasteiger partial charge in [0.2, 0.25) is 0 Å². The van der Waals surface area contributed by atoms with Gasteiger partial charge in [0.15, 0.2) is 0 Å². The maximum Gasteiger partial charge on any atom is 0.0463 e. The summed E-state index contributed by atoms with van der Waals surface area (Å²) >= 11 is 0. The Morgan fingerprint density at radius 2 is 2.00 bits per heavy atom. The summed E-state index contributed by atoms with van der Waals surface area (Å²) in [6, 6.07) is 0.409. The largest absolute Gasteiger partial charge is 0.388 e. The molecule has 0 saturated heterocycles. The Morgan fingerprint density at radius 1 is 1.36 bits per heavy atom. The minimum absolute atomic E-state index is 0.409. The molecule has 0 heterocycles. The van der Waals surface area contributed by atoms with Crippen molar-refractivity contribution in [3.05, 3.63) is 12.3 Å². The van der Waals surface area contributed by atoms with Crippen molar-refractivity contribution in [2.24, 2.45) is 5.92 Å². The Labute approximate surface area is 89.2 Å². The second-order valence-corrected chi connectivity index (χ2v) is 4.28. The van der Waals surface area contributed by atoms with Crippen LogP contribution in [0.5, 0.6) is 0 Å². The van der Waals surface area contributed by atoms with Gasteiger partial charge in [-0.2, -0.15) is 0 Å². The van der Waals surface area contributed by atoms with Crippen molar-refractivity contribution >= 4 is 0 Å². The fraction of sp³-hybridized carbons (Fsp3) is 0.833. The van der Waals surface area contributed by atoms with Gasteiger partial charge in [0.05, 0.1) is 0 Å². The van der Waals surface area contributed by atoms with Crippen LogP contribution in [-0.2, 0) is 0 Å². The molecule has 2 heteroatoms. The van der Waals surface area contributed by atoms with Gasteiger partial charge in [-0.05, 0) is 25.8 Å². The van der Waals surface area contributed by atoms with E-state index in [4.69, 9.17) is 0 Å². The van der Waals surface area contributed by atoms with Crippen molar-refractivity contribution in [3.63, 3.8) is 0 Å². The van der Waals surface area contributed by atoms with E-state index in [0.29, 0.717) is 12.0 Å². The Kier molecular flexibility index (Phi) is 7.58. The third-order valence-electron chi connectivity index (χ3n) is 2.36. The molecule has 0 spiro atoms. The summed E-state index contributed by atoms with van der Waals surface area (Å²) in [4.78, 5) is 0. The lowest BCUT2D eigenvalue weighted by molar-refractivity contribution is 0.464. The molecule has 2 nitrogen and oxygen atoms in total. The van der Waals surface area contributed by atoms with E-state index >= 15 is 0 Å². The Bertz CT molecular complexity index is 152. The molecule has 0 aromatic heterocycles. The van der Waals surface area contributed by atoms with Crippen LogP contribution in [0.15, 0.2) is 12.3 Å². The quantitative estimate of drug-likeness (QED) is 0.586. The van der Waals surface area contributed by atoms with Gasteiger partial charge in [0, 0.05) is 18.3 Å². The van der Waals surface area contributed by atoms with Crippen LogP contribution in [0.2, 0.25) is 0 Å². The number of likely N-dealkylation sites (N-methyl/N-ethyl adjacent to an activating group) is 1. The molecule has 0 aliphatic heterocycles. The minimum Gasteiger partial charge on any atom is -0.388 e.